The number of hydrogen-bond acceptors (Lipinski definition) is 3. The van der Waals surface area contributed by atoms with E-state index < -0.39 is 0 Å². The lowest BCUT2D eigenvalue weighted by atomic mass is 10.3. The summed E-state index contributed by atoms with van der Waals surface area (Å²) in [5, 5.41) is 3.23. The molecule has 2 heterocycles. The van der Waals surface area contributed by atoms with Crippen LogP contribution in [0.4, 0.5) is 5.82 Å². The van der Waals surface area contributed by atoms with E-state index in [4.69, 9.17) is 4.74 Å². The van der Waals surface area contributed by atoms with Crippen LogP contribution in [-0.4, -0.2) is 17.6 Å². The second-order valence-corrected chi connectivity index (χ2v) is 3.65. The Balaban J connectivity index is 2.37. The SMILES string of the molecule is C[C@H]1COc2ccc(Br)nc2N1. The van der Waals surface area contributed by atoms with Crippen molar-refractivity contribution in [1.82, 2.24) is 4.98 Å². The van der Waals surface area contributed by atoms with Crippen LogP contribution in [0.3, 0.4) is 0 Å². The van der Waals surface area contributed by atoms with Gasteiger partial charge >= 0.3 is 0 Å². The first kappa shape index (κ1) is 7.86. The van der Waals surface area contributed by atoms with Gasteiger partial charge in [-0.05, 0) is 35.0 Å². The number of anilines is 1. The lowest BCUT2D eigenvalue weighted by Crippen LogP contribution is -2.28. The minimum atomic E-state index is 0.333. The van der Waals surface area contributed by atoms with Gasteiger partial charge < -0.3 is 10.1 Å². The summed E-state index contributed by atoms with van der Waals surface area (Å²) in [7, 11) is 0. The quantitative estimate of drug-likeness (QED) is 0.691. The fourth-order valence-electron chi connectivity index (χ4n) is 1.13. The number of aromatic nitrogens is 1. The molecular weight excluding hydrogens is 220 g/mol. The summed E-state index contributed by atoms with van der Waals surface area (Å²) in [5.41, 5.74) is 0. The fraction of sp³-hybridized carbons (Fsp3) is 0.375. The molecule has 1 aromatic heterocycles. The number of nitrogens with zero attached hydrogens (tertiary/aromatic N) is 1. The van der Waals surface area contributed by atoms with Gasteiger partial charge in [0.2, 0.25) is 0 Å². The van der Waals surface area contributed by atoms with Crippen LogP contribution in [0.15, 0.2) is 16.7 Å². The Morgan fingerprint density at radius 2 is 2.50 bits per heavy atom. The summed E-state index contributed by atoms with van der Waals surface area (Å²) >= 11 is 3.30. The number of hydrogen-bond donors (Lipinski definition) is 1. The highest BCUT2D eigenvalue weighted by atomic mass is 79.9. The van der Waals surface area contributed by atoms with Crippen molar-refractivity contribution in [3.8, 4) is 5.75 Å². The number of ether oxygens (including phenoxy) is 1. The van der Waals surface area contributed by atoms with Crippen LogP contribution in [-0.2, 0) is 0 Å². The Morgan fingerprint density at radius 1 is 1.67 bits per heavy atom. The maximum Gasteiger partial charge on any atom is 0.170 e. The summed E-state index contributed by atoms with van der Waals surface area (Å²) in [6.07, 6.45) is 0. The molecule has 0 fully saturated rings. The van der Waals surface area contributed by atoms with E-state index in [9.17, 15) is 0 Å². The van der Waals surface area contributed by atoms with E-state index in [2.05, 4.69) is 33.2 Å². The van der Waals surface area contributed by atoms with Crippen LogP contribution < -0.4 is 10.1 Å². The number of rotatable bonds is 0. The van der Waals surface area contributed by atoms with E-state index in [0.717, 1.165) is 16.2 Å². The average molecular weight is 229 g/mol. The van der Waals surface area contributed by atoms with Crippen molar-refractivity contribution in [3.63, 3.8) is 0 Å². The molecule has 2 rings (SSSR count). The molecule has 3 nitrogen and oxygen atoms in total. The molecule has 64 valence electrons. The highest BCUT2D eigenvalue weighted by Gasteiger charge is 2.15. The largest absolute Gasteiger partial charge is 0.488 e. The molecule has 1 atom stereocenters. The van der Waals surface area contributed by atoms with Gasteiger partial charge in [0.05, 0.1) is 6.04 Å². The van der Waals surface area contributed by atoms with Crippen molar-refractivity contribution >= 4 is 21.7 Å². The normalized spacial score (nSPS) is 20.7. The highest BCUT2D eigenvalue weighted by molar-refractivity contribution is 9.10. The zero-order valence-corrected chi connectivity index (χ0v) is 8.26. The number of halogens is 1. The van der Waals surface area contributed by atoms with Crippen LogP contribution >= 0.6 is 15.9 Å². The third-order valence-electron chi connectivity index (χ3n) is 1.70. The molecule has 0 saturated heterocycles. The second kappa shape index (κ2) is 2.94. The molecule has 0 bridgehead atoms. The van der Waals surface area contributed by atoms with Gasteiger partial charge in [-0.25, -0.2) is 4.98 Å². The molecular formula is C8H9BrN2O. The summed E-state index contributed by atoms with van der Waals surface area (Å²) in [6.45, 7) is 2.77. The molecule has 0 aromatic carbocycles. The molecule has 0 radical (unpaired) electrons. The Labute approximate surface area is 79.3 Å². The third kappa shape index (κ3) is 1.39. The monoisotopic (exact) mass is 228 g/mol. The smallest absolute Gasteiger partial charge is 0.170 e. The van der Waals surface area contributed by atoms with Gasteiger partial charge in [0.15, 0.2) is 11.6 Å². The number of pyridine rings is 1. The average Bonchev–Trinajstić information content (AvgIpc) is 2.03. The molecule has 0 unspecified atom stereocenters. The molecule has 1 aliphatic heterocycles. The molecule has 0 amide bonds. The molecule has 4 heteroatoms. The van der Waals surface area contributed by atoms with Crippen molar-refractivity contribution < 1.29 is 4.74 Å². The van der Waals surface area contributed by atoms with E-state index in [1.165, 1.54) is 0 Å². The van der Waals surface area contributed by atoms with Crippen molar-refractivity contribution in [1.29, 1.82) is 0 Å². The van der Waals surface area contributed by atoms with Gasteiger partial charge in [-0.2, -0.15) is 0 Å². The zero-order valence-electron chi connectivity index (χ0n) is 6.67. The maximum absolute atomic E-state index is 5.44. The van der Waals surface area contributed by atoms with Crippen molar-refractivity contribution in [2.24, 2.45) is 0 Å². The third-order valence-corrected chi connectivity index (χ3v) is 2.14. The zero-order chi connectivity index (χ0) is 8.55. The Hall–Kier alpha value is -0.770. The predicted molar refractivity (Wildman–Crippen MR) is 50.5 cm³/mol. The van der Waals surface area contributed by atoms with Crippen LogP contribution in [0.2, 0.25) is 0 Å². The minimum absolute atomic E-state index is 0.333. The van der Waals surface area contributed by atoms with Gasteiger partial charge in [0.25, 0.3) is 0 Å². The van der Waals surface area contributed by atoms with Crippen LogP contribution in [0.5, 0.6) is 5.75 Å². The molecule has 0 aliphatic carbocycles. The van der Waals surface area contributed by atoms with Crippen LogP contribution in [0.1, 0.15) is 6.92 Å². The molecule has 12 heavy (non-hydrogen) atoms. The molecule has 0 spiro atoms. The summed E-state index contributed by atoms with van der Waals surface area (Å²) in [5.74, 6) is 1.65. The lowest BCUT2D eigenvalue weighted by Gasteiger charge is -2.23. The summed E-state index contributed by atoms with van der Waals surface area (Å²) in [6, 6.07) is 4.11. The van der Waals surface area contributed by atoms with Gasteiger partial charge in [0, 0.05) is 0 Å². The first-order chi connectivity index (χ1) is 5.75. The Bertz CT molecular complexity index is 303. The van der Waals surface area contributed by atoms with E-state index >= 15 is 0 Å². The minimum Gasteiger partial charge on any atom is -0.488 e. The number of nitrogens with one attached hydrogen (secondary N) is 1. The second-order valence-electron chi connectivity index (χ2n) is 2.84. The highest BCUT2D eigenvalue weighted by Crippen LogP contribution is 2.27. The van der Waals surface area contributed by atoms with E-state index in [-0.39, 0.29) is 0 Å². The van der Waals surface area contributed by atoms with Crippen molar-refractivity contribution in [2.45, 2.75) is 13.0 Å². The van der Waals surface area contributed by atoms with Gasteiger partial charge in [-0.15, -0.1) is 0 Å². The lowest BCUT2D eigenvalue weighted by molar-refractivity contribution is 0.290. The Morgan fingerprint density at radius 3 is 3.33 bits per heavy atom. The topological polar surface area (TPSA) is 34.1 Å². The molecule has 1 aliphatic rings. The molecule has 1 N–H and O–H groups in total. The van der Waals surface area contributed by atoms with Crippen LogP contribution in [0, 0.1) is 0 Å². The van der Waals surface area contributed by atoms with Crippen molar-refractivity contribution in [2.75, 3.05) is 11.9 Å². The van der Waals surface area contributed by atoms with Gasteiger partial charge in [0.1, 0.15) is 11.2 Å². The molecule has 1 aromatic rings. The molecule has 0 saturated carbocycles. The van der Waals surface area contributed by atoms with Gasteiger partial charge in [-0.1, -0.05) is 0 Å². The van der Waals surface area contributed by atoms with Crippen molar-refractivity contribution in [3.05, 3.63) is 16.7 Å². The predicted octanol–water partition coefficient (Wildman–Crippen LogP) is 2.04. The standard InChI is InChI=1S/C8H9BrN2O/c1-5-4-12-6-2-3-7(9)11-8(6)10-5/h2-3,5H,4H2,1H3,(H,10,11)/t5-/m0/s1. The first-order valence-electron chi connectivity index (χ1n) is 3.81. The number of fused-ring (bicyclic) bond motifs is 1. The maximum atomic E-state index is 5.44. The van der Waals surface area contributed by atoms with E-state index in [1.807, 2.05) is 12.1 Å². The fourth-order valence-corrected chi connectivity index (χ4v) is 1.44. The van der Waals surface area contributed by atoms with Gasteiger partial charge in [-0.3, -0.25) is 0 Å². The summed E-state index contributed by atoms with van der Waals surface area (Å²) < 4.78 is 6.27. The van der Waals surface area contributed by atoms with E-state index in [1.54, 1.807) is 0 Å². The first-order valence-corrected chi connectivity index (χ1v) is 4.61. The Kier molecular flexibility index (Phi) is 1.92. The van der Waals surface area contributed by atoms with Crippen LogP contribution in [0.25, 0.3) is 0 Å². The summed E-state index contributed by atoms with van der Waals surface area (Å²) in [4.78, 5) is 4.24. The van der Waals surface area contributed by atoms with E-state index in [0.29, 0.717) is 12.6 Å².